The fourth-order valence-corrected chi connectivity index (χ4v) is 4.86. The number of piperazine rings is 1. The van der Waals surface area contributed by atoms with Gasteiger partial charge in [0.1, 0.15) is 0 Å². The molecule has 0 N–H and O–H groups in total. The maximum atomic E-state index is 13.3. The Morgan fingerprint density at radius 1 is 1.00 bits per heavy atom. The van der Waals surface area contributed by atoms with E-state index in [0.717, 1.165) is 36.4 Å². The minimum atomic E-state index is -4.85. The Labute approximate surface area is 163 Å². The second-order valence-corrected chi connectivity index (χ2v) is 7.86. The number of fused-ring (bicyclic) bond motifs is 1. The molecule has 0 bridgehead atoms. The van der Waals surface area contributed by atoms with Gasteiger partial charge in [0.05, 0.1) is 31.3 Å². The van der Waals surface area contributed by atoms with E-state index in [1.54, 1.807) is 0 Å². The van der Waals surface area contributed by atoms with Crippen molar-refractivity contribution in [3.63, 3.8) is 0 Å². The molecule has 0 aromatic heterocycles. The summed E-state index contributed by atoms with van der Waals surface area (Å²) in [6, 6.07) is 8.97. The number of likely N-dealkylation sites (tertiary alicyclic amines) is 1. The molecule has 1 unspecified atom stereocenters. The Hall–Kier alpha value is -1.64. The summed E-state index contributed by atoms with van der Waals surface area (Å²) >= 11 is 0. The summed E-state index contributed by atoms with van der Waals surface area (Å²) in [5.74, 6) is -1.71. The van der Waals surface area contributed by atoms with Crippen LogP contribution in [0.3, 0.4) is 0 Å². The van der Waals surface area contributed by atoms with E-state index < -0.39 is 18.1 Å². The zero-order chi connectivity index (χ0) is 19.7. The molecule has 3 atom stereocenters. The number of nitrogens with zero attached hydrogens (tertiary/aromatic N) is 3. The first kappa shape index (κ1) is 19.7. The quantitative estimate of drug-likeness (QED) is 0.783. The van der Waals surface area contributed by atoms with Crippen LogP contribution in [-0.4, -0.2) is 84.3 Å². The SMILES string of the molecule is O=C(N1CCN(Cc2ccccc2)[C@@H]2COCC(N3CCCC3)[C@H]21)C(F)(F)F. The molecule has 28 heavy (non-hydrogen) atoms. The van der Waals surface area contributed by atoms with Crippen molar-refractivity contribution < 1.29 is 22.7 Å². The van der Waals surface area contributed by atoms with Crippen molar-refractivity contribution in [2.75, 3.05) is 39.4 Å². The molecule has 4 rings (SSSR count). The number of amides is 1. The number of carbonyl (C=O) groups excluding carboxylic acids is 1. The van der Waals surface area contributed by atoms with E-state index >= 15 is 0 Å². The van der Waals surface area contributed by atoms with Crippen LogP contribution in [0.2, 0.25) is 0 Å². The van der Waals surface area contributed by atoms with Gasteiger partial charge in [0.15, 0.2) is 0 Å². The number of rotatable bonds is 3. The van der Waals surface area contributed by atoms with Gasteiger partial charge in [-0.1, -0.05) is 30.3 Å². The van der Waals surface area contributed by atoms with Crippen molar-refractivity contribution in [2.24, 2.45) is 0 Å². The van der Waals surface area contributed by atoms with E-state index in [0.29, 0.717) is 26.3 Å². The van der Waals surface area contributed by atoms with Crippen molar-refractivity contribution in [1.82, 2.24) is 14.7 Å². The van der Waals surface area contributed by atoms with E-state index in [2.05, 4.69) is 9.80 Å². The highest BCUT2D eigenvalue weighted by Crippen LogP contribution is 2.33. The van der Waals surface area contributed by atoms with Crippen molar-refractivity contribution >= 4 is 5.91 Å². The monoisotopic (exact) mass is 397 g/mol. The van der Waals surface area contributed by atoms with Crippen LogP contribution in [0.5, 0.6) is 0 Å². The van der Waals surface area contributed by atoms with Gasteiger partial charge in [-0.25, -0.2) is 0 Å². The lowest BCUT2D eigenvalue weighted by Crippen LogP contribution is -2.72. The van der Waals surface area contributed by atoms with Crippen LogP contribution < -0.4 is 0 Å². The predicted octanol–water partition coefficient (Wildman–Crippen LogP) is 2.12. The molecule has 0 saturated carbocycles. The van der Waals surface area contributed by atoms with E-state index in [4.69, 9.17) is 4.74 Å². The van der Waals surface area contributed by atoms with E-state index in [-0.39, 0.29) is 18.6 Å². The molecule has 1 aromatic carbocycles. The highest BCUT2D eigenvalue weighted by Gasteiger charge is 2.53. The molecule has 0 spiro atoms. The largest absolute Gasteiger partial charge is 0.471 e. The number of halogens is 3. The zero-order valence-corrected chi connectivity index (χ0v) is 15.8. The number of ether oxygens (including phenoxy) is 1. The van der Waals surface area contributed by atoms with Gasteiger partial charge in [-0.3, -0.25) is 14.6 Å². The van der Waals surface area contributed by atoms with Gasteiger partial charge in [0.25, 0.3) is 0 Å². The molecule has 5 nitrogen and oxygen atoms in total. The molecule has 0 radical (unpaired) electrons. The molecule has 3 aliphatic heterocycles. The number of hydrogen-bond acceptors (Lipinski definition) is 4. The van der Waals surface area contributed by atoms with Gasteiger partial charge in [-0.15, -0.1) is 0 Å². The summed E-state index contributed by atoms with van der Waals surface area (Å²) in [4.78, 5) is 17.7. The van der Waals surface area contributed by atoms with Gasteiger partial charge in [-0.2, -0.15) is 13.2 Å². The highest BCUT2D eigenvalue weighted by molar-refractivity contribution is 5.82. The lowest BCUT2D eigenvalue weighted by molar-refractivity contribution is -0.200. The lowest BCUT2D eigenvalue weighted by atomic mass is 9.91. The first-order valence-electron chi connectivity index (χ1n) is 9.93. The smallest absolute Gasteiger partial charge is 0.378 e. The van der Waals surface area contributed by atoms with Crippen LogP contribution in [0.4, 0.5) is 13.2 Å². The first-order chi connectivity index (χ1) is 13.4. The number of carbonyl (C=O) groups is 1. The first-order valence-corrected chi connectivity index (χ1v) is 9.93. The second kappa shape index (κ2) is 8.00. The van der Waals surface area contributed by atoms with Gasteiger partial charge in [0.2, 0.25) is 0 Å². The molecule has 8 heteroatoms. The minimum Gasteiger partial charge on any atom is -0.378 e. The molecule has 1 amide bonds. The third kappa shape index (κ3) is 3.90. The molecule has 0 aliphatic carbocycles. The molecule has 1 aromatic rings. The third-order valence-electron chi connectivity index (χ3n) is 6.16. The maximum Gasteiger partial charge on any atom is 0.471 e. The summed E-state index contributed by atoms with van der Waals surface area (Å²) in [6.07, 6.45) is -2.77. The Morgan fingerprint density at radius 2 is 1.68 bits per heavy atom. The Bertz CT molecular complexity index is 679. The van der Waals surface area contributed by atoms with Crippen LogP contribution in [0.15, 0.2) is 30.3 Å². The molecule has 3 aliphatic rings. The molecule has 3 heterocycles. The number of alkyl halides is 3. The Kier molecular flexibility index (Phi) is 5.62. The normalized spacial score (nSPS) is 29.7. The minimum absolute atomic E-state index is 0.0939. The zero-order valence-electron chi connectivity index (χ0n) is 15.8. The van der Waals surface area contributed by atoms with E-state index in [1.807, 2.05) is 30.3 Å². The predicted molar refractivity (Wildman–Crippen MR) is 97.6 cm³/mol. The van der Waals surface area contributed by atoms with E-state index in [9.17, 15) is 18.0 Å². The summed E-state index contributed by atoms with van der Waals surface area (Å²) in [7, 11) is 0. The summed E-state index contributed by atoms with van der Waals surface area (Å²) in [5.41, 5.74) is 1.11. The molecule has 3 fully saturated rings. The standard InChI is InChI=1S/C20H26F3N3O2/c21-20(22,23)19(27)26-11-10-25(12-15-6-2-1-3-7-15)17-14-28-13-16(18(17)26)24-8-4-5-9-24/h1-3,6-7,16-18H,4-5,8-14H2/t16?,17-,18-/m1/s1. The van der Waals surface area contributed by atoms with Crippen molar-refractivity contribution in [3.05, 3.63) is 35.9 Å². The van der Waals surface area contributed by atoms with Crippen molar-refractivity contribution in [1.29, 1.82) is 0 Å². The third-order valence-corrected chi connectivity index (χ3v) is 6.16. The van der Waals surface area contributed by atoms with Crippen LogP contribution >= 0.6 is 0 Å². The number of benzene rings is 1. The summed E-state index contributed by atoms with van der Waals surface area (Å²) < 4.78 is 45.7. The molecule has 154 valence electrons. The highest BCUT2D eigenvalue weighted by atomic mass is 19.4. The average Bonchev–Trinajstić information content (AvgIpc) is 3.22. The second-order valence-electron chi connectivity index (χ2n) is 7.86. The van der Waals surface area contributed by atoms with Crippen LogP contribution in [-0.2, 0) is 16.1 Å². The average molecular weight is 397 g/mol. The fourth-order valence-electron chi connectivity index (χ4n) is 4.86. The Morgan fingerprint density at radius 3 is 2.36 bits per heavy atom. The van der Waals surface area contributed by atoms with Crippen molar-refractivity contribution in [3.8, 4) is 0 Å². The van der Waals surface area contributed by atoms with E-state index in [1.165, 1.54) is 0 Å². The van der Waals surface area contributed by atoms with Crippen LogP contribution in [0.1, 0.15) is 18.4 Å². The Balaban J connectivity index is 1.61. The summed E-state index contributed by atoms with van der Waals surface area (Å²) in [6.45, 7) is 3.58. The van der Waals surface area contributed by atoms with Crippen LogP contribution in [0.25, 0.3) is 0 Å². The lowest BCUT2D eigenvalue weighted by Gasteiger charge is -2.54. The fraction of sp³-hybridized carbons (Fsp3) is 0.650. The maximum absolute atomic E-state index is 13.3. The summed E-state index contributed by atoms with van der Waals surface area (Å²) in [5, 5.41) is 0. The molecular weight excluding hydrogens is 371 g/mol. The number of hydrogen-bond donors (Lipinski definition) is 0. The van der Waals surface area contributed by atoms with Gasteiger partial charge in [0, 0.05) is 19.6 Å². The molecule has 3 saturated heterocycles. The van der Waals surface area contributed by atoms with Gasteiger partial charge in [-0.05, 0) is 31.5 Å². The van der Waals surface area contributed by atoms with Crippen LogP contribution in [0, 0.1) is 0 Å². The van der Waals surface area contributed by atoms with Gasteiger partial charge >= 0.3 is 12.1 Å². The van der Waals surface area contributed by atoms with Crippen molar-refractivity contribution in [2.45, 2.75) is 43.7 Å². The molecular formula is C20H26F3N3O2. The van der Waals surface area contributed by atoms with Gasteiger partial charge < -0.3 is 9.64 Å². The topological polar surface area (TPSA) is 36.0 Å².